The van der Waals surface area contributed by atoms with Gasteiger partial charge in [0, 0.05) is 16.4 Å². The van der Waals surface area contributed by atoms with Gasteiger partial charge in [0.1, 0.15) is 17.7 Å². The molecule has 0 saturated heterocycles. The monoisotopic (exact) mass is 315 g/mol. The van der Waals surface area contributed by atoms with Crippen LogP contribution in [-0.4, -0.2) is 10.5 Å². The zero-order valence-electron chi connectivity index (χ0n) is 12.1. The quantitative estimate of drug-likeness (QED) is 0.946. The smallest absolute Gasteiger partial charge is 0.269 e. The van der Waals surface area contributed by atoms with Gasteiger partial charge in [0.2, 0.25) is 5.91 Å². The Morgan fingerprint density at radius 1 is 1.27 bits per heavy atom. The summed E-state index contributed by atoms with van der Waals surface area (Å²) in [4.78, 5) is 24.5. The number of aryl methyl sites for hydroxylation is 1. The van der Waals surface area contributed by atoms with Gasteiger partial charge >= 0.3 is 0 Å². The van der Waals surface area contributed by atoms with Crippen LogP contribution in [0.15, 0.2) is 41.2 Å². The number of aromatic nitrogens is 1. The summed E-state index contributed by atoms with van der Waals surface area (Å²) in [7, 11) is 0. The Morgan fingerprint density at radius 2 is 1.91 bits per heavy atom. The highest BCUT2D eigenvalue weighted by atomic mass is 35.5. The lowest BCUT2D eigenvalue weighted by atomic mass is 10.2. The number of amides is 1. The molecule has 1 aromatic heterocycles. The van der Waals surface area contributed by atoms with Crippen LogP contribution >= 0.6 is 11.6 Å². The molecule has 0 aliphatic carbocycles. The van der Waals surface area contributed by atoms with Crippen LogP contribution in [0.4, 0.5) is 5.69 Å². The molecule has 2 aromatic rings. The lowest BCUT2D eigenvalue weighted by Crippen LogP contribution is -2.34. The van der Waals surface area contributed by atoms with Crippen LogP contribution < -0.4 is 10.9 Å². The Bertz CT molecular complexity index is 804. The van der Waals surface area contributed by atoms with E-state index in [1.165, 1.54) is 10.6 Å². The van der Waals surface area contributed by atoms with Gasteiger partial charge in [0.15, 0.2) is 0 Å². The van der Waals surface area contributed by atoms with E-state index in [1.807, 2.05) is 6.07 Å². The zero-order valence-corrected chi connectivity index (χ0v) is 12.9. The first-order valence-corrected chi connectivity index (χ1v) is 7.00. The highest BCUT2D eigenvalue weighted by molar-refractivity contribution is 6.30. The fourth-order valence-electron chi connectivity index (χ4n) is 2.11. The number of anilines is 1. The molecule has 1 heterocycles. The molecule has 1 N–H and O–H groups in total. The van der Waals surface area contributed by atoms with Crippen molar-refractivity contribution in [2.24, 2.45) is 0 Å². The summed E-state index contributed by atoms with van der Waals surface area (Å²) in [6.45, 7) is 3.33. The van der Waals surface area contributed by atoms with Crippen molar-refractivity contribution in [1.82, 2.24) is 4.57 Å². The van der Waals surface area contributed by atoms with Crippen molar-refractivity contribution >= 4 is 23.2 Å². The van der Waals surface area contributed by atoms with Gasteiger partial charge in [-0.1, -0.05) is 11.6 Å². The van der Waals surface area contributed by atoms with Crippen molar-refractivity contribution in [3.63, 3.8) is 0 Å². The van der Waals surface area contributed by atoms with Crippen molar-refractivity contribution < 1.29 is 4.79 Å². The second kappa shape index (κ2) is 6.46. The van der Waals surface area contributed by atoms with Crippen LogP contribution in [0.2, 0.25) is 5.02 Å². The van der Waals surface area contributed by atoms with Gasteiger partial charge in [-0.15, -0.1) is 0 Å². The summed E-state index contributed by atoms with van der Waals surface area (Å²) in [5.74, 6) is -0.345. The Hall–Kier alpha value is -2.58. The number of nitriles is 1. The van der Waals surface area contributed by atoms with E-state index >= 15 is 0 Å². The van der Waals surface area contributed by atoms with Crippen LogP contribution in [0, 0.1) is 18.3 Å². The van der Waals surface area contributed by atoms with E-state index in [2.05, 4.69) is 5.32 Å². The highest BCUT2D eigenvalue weighted by Crippen LogP contribution is 2.16. The average Bonchev–Trinajstić information content (AvgIpc) is 2.49. The minimum absolute atomic E-state index is 0.0109. The third kappa shape index (κ3) is 3.18. The molecule has 0 aliphatic rings. The number of pyridine rings is 1. The minimum Gasteiger partial charge on any atom is -0.324 e. The van der Waals surface area contributed by atoms with E-state index in [9.17, 15) is 9.59 Å². The van der Waals surface area contributed by atoms with Crippen molar-refractivity contribution in [3.8, 4) is 6.07 Å². The average molecular weight is 316 g/mol. The van der Waals surface area contributed by atoms with Gasteiger partial charge < -0.3 is 5.32 Å². The van der Waals surface area contributed by atoms with E-state index in [-0.39, 0.29) is 11.5 Å². The Labute approximate surface area is 132 Å². The molecule has 22 heavy (non-hydrogen) atoms. The molecular weight excluding hydrogens is 302 g/mol. The SMILES string of the molecule is Cc1ccc(C#N)c(=O)n1C(C)C(=O)Nc1ccc(Cl)cc1. The number of carbonyl (C=O) groups is 1. The number of nitrogens with one attached hydrogen (secondary N) is 1. The van der Waals surface area contributed by atoms with Crippen molar-refractivity contribution in [2.45, 2.75) is 19.9 Å². The Kier molecular flexibility index (Phi) is 4.64. The number of rotatable bonds is 3. The molecule has 0 bridgehead atoms. The molecule has 0 fully saturated rings. The Balaban J connectivity index is 2.30. The summed E-state index contributed by atoms with van der Waals surface area (Å²) in [5, 5.41) is 12.2. The molecule has 112 valence electrons. The molecule has 5 nitrogen and oxygen atoms in total. The second-order valence-corrected chi connectivity index (χ2v) is 5.28. The summed E-state index contributed by atoms with van der Waals surface area (Å²) in [6.07, 6.45) is 0. The predicted octanol–water partition coefficient (Wildman–Crippen LogP) is 2.88. The molecule has 1 aromatic carbocycles. The number of carbonyl (C=O) groups excluding carboxylic acids is 1. The highest BCUT2D eigenvalue weighted by Gasteiger charge is 2.19. The predicted molar refractivity (Wildman–Crippen MR) is 84.9 cm³/mol. The number of hydrogen-bond donors (Lipinski definition) is 1. The normalized spacial score (nSPS) is 11.5. The number of benzene rings is 1. The maximum atomic E-state index is 12.3. The molecule has 0 radical (unpaired) electrons. The van der Waals surface area contributed by atoms with Gasteiger partial charge in [-0.25, -0.2) is 0 Å². The first kappa shape index (κ1) is 15.8. The van der Waals surface area contributed by atoms with E-state index in [0.29, 0.717) is 16.4 Å². The molecule has 2 rings (SSSR count). The van der Waals surface area contributed by atoms with Gasteiger partial charge in [-0.05, 0) is 50.2 Å². The van der Waals surface area contributed by atoms with Crippen LogP contribution in [0.5, 0.6) is 0 Å². The van der Waals surface area contributed by atoms with E-state index in [4.69, 9.17) is 16.9 Å². The van der Waals surface area contributed by atoms with Crippen LogP contribution in [0.1, 0.15) is 24.2 Å². The summed E-state index contributed by atoms with van der Waals surface area (Å²) in [6, 6.07) is 10.9. The minimum atomic E-state index is -0.739. The van der Waals surface area contributed by atoms with E-state index in [1.54, 1.807) is 44.2 Å². The van der Waals surface area contributed by atoms with Gasteiger partial charge in [0.25, 0.3) is 5.56 Å². The maximum absolute atomic E-state index is 12.3. The van der Waals surface area contributed by atoms with Crippen LogP contribution in [0.25, 0.3) is 0 Å². The second-order valence-electron chi connectivity index (χ2n) is 4.85. The zero-order chi connectivity index (χ0) is 16.3. The van der Waals surface area contributed by atoms with E-state index < -0.39 is 11.6 Å². The van der Waals surface area contributed by atoms with Crippen LogP contribution in [-0.2, 0) is 4.79 Å². The number of hydrogen-bond acceptors (Lipinski definition) is 3. The van der Waals surface area contributed by atoms with Gasteiger partial charge in [0.05, 0.1) is 0 Å². The molecule has 1 amide bonds. The van der Waals surface area contributed by atoms with Crippen LogP contribution in [0.3, 0.4) is 0 Å². The molecule has 0 aliphatic heterocycles. The largest absolute Gasteiger partial charge is 0.324 e. The number of halogens is 1. The van der Waals surface area contributed by atoms with Gasteiger partial charge in [-0.3, -0.25) is 14.2 Å². The molecule has 6 heteroatoms. The fraction of sp³-hybridized carbons (Fsp3) is 0.188. The summed E-state index contributed by atoms with van der Waals surface area (Å²) < 4.78 is 1.31. The number of nitrogens with zero attached hydrogens (tertiary/aromatic N) is 2. The standard InChI is InChI=1S/C16H14ClN3O2/c1-10-3-4-12(9-18)16(22)20(10)11(2)15(21)19-14-7-5-13(17)6-8-14/h3-8,11H,1-2H3,(H,19,21). The first-order chi connectivity index (χ1) is 10.4. The molecule has 1 unspecified atom stereocenters. The topological polar surface area (TPSA) is 74.9 Å². The Morgan fingerprint density at radius 3 is 2.50 bits per heavy atom. The summed E-state index contributed by atoms with van der Waals surface area (Å²) >= 11 is 5.79. The summed E-state index contributed by atoms with van der Waals surface area (Å²) in [5.41, 5.74) is 0.740. The van der Waals surface area contributed by atoms with Crippen molar-refractivity contribution in [2.75, 3.05) is 5.32 Å². The molecule has 1 atom stereocenters. The lowest BCUT2D eigenvalue weighted by Gasteiger charge is -2.18. The molecule has 0 spiro atoms. The molecule has 0 saturated carbocycles. The van der Waals surface area contributed by atoms with Gasteiger partial charge in [-0.2, -0.15) is 5.26 Å². The van der Waals surface area contributed by atoms with Crippen molar-refractivity contribution in [3.05, 3.63) is 63.0 Å². The van der Waals surface area contributed by atoms with E-state index in [0.717, 1.165) is 0 Å². The third-order valence-electron chi connectivity index (χ3n) is 3.32. The third-order valence-corrected chi connectivity index (χ3v) is 3.57. The first-order valence-electron chi connectivity index (χ1n) is 6.62. The molecular formula is C16H14ClN3O2. The maximum Gasteiger partial charge on any atom is 0.269 e. The lowest BCUT2D eigenvalue weighted by molar-refractivity contribution is -0.118. The van der Waals surface area contributed by atoms with Crippen molar-refractivity contribution in [1.29, 1.82) is 5.26 Å². The fourth-order valence-corrected chi connectivity index (χ4v) is 2.24.